The molecule has 0 saturated carbocycles. The van der Waals surface area contributed by atoms with Crippen LogP contribution in [-0.4, -0.2) is 65.7 Å². The molecule has 2 aromatic heterocycles. The number of piperazine rings is 1. The van der Waals surface area contributed by atoms with Gasteiger partial charge in [0.05, 0.1) is 26.6 Å². The van der Waals surface area contributed by atoms with Crippen molar-refractivity contribution in [2.75, 3.05) is 30.8 Å². The monoisotopic (exact) mass is 648 g/mol. The highest BCUT2D eigenvalue weighted by Gasteiger charge is 2.31. The summed E-state index contributed by atoms with van der Waals surface area (Å²) >= 11 is 6.49. The zero-order chi connectivity index (χ0) is 32.8. The Hall–Kier alpha value is -4.60. The van der Waals surface area contributed by atoms with Crippen LogP contribution in [0, 0.1) is 17.1 Å². The number of anilines is 1. The lowest BCUT2D eigenvalue weighted by Gasteiger charge is -2.40. The normalized spacial score (nSPS) is 15.4. The van der Waals surface area contributed by atoms with Gasteiger partial charge in [-0.1, -0.05) is 56.3 Å². The van der Waals surface area contributed by atoms with Gasteiger partial charge in [-0.25, -0.2) is 27.2 Å². The maximum Gasteiger partial charge on any atom is 0.355 e. The highest BCUT2D eigenvalue weighted by atomic mass is 35.5. The SMILES string of the molecule is C=CC(=O)N1CCN(c2nc(=O)n(-c3c(C(C)C)cccc3S(C)(=O)=O)c3nc(-c4cccc(C#N)c4Cl)c(F)cc23)C(C)C1. The second-order valence-electron chi connectivity index (χ2n) is 11.2. The average molecular weight is 649 g/mol. The first-order valence-corrected chi connectivity index (χ1v) is 16.4. The van der Waals surface area contributed by atoms with Crippen LogP contribution in [0.1, 0.15) is 37.8 Å². The lowest BCUT2D eigenvalue weighted by molar-refractivity contribution is -0.126. The first-order valence-electron chi connectivity index (χ1n) is 14.1. The summed E-state index contributed by atoms with van der Waals surface area (Å²) in [5, 5.41) is 9.66. The third-order valence-corrected chi connectivity index (χ3v) is 9.37. The number of para-hydroxylation sites is 1. The van der Waals surface area contributed by atoms with Crippen LogP contribution in [0.4, 0.5) is 10.2 Å². The molecule has 10 nitrogen and oxygen atoms in total. The first-order chi connectivity index (χ1) is 21.3. The van der Waals surface area contributed by atoms with Crippen molar-refractivity contribution in [1.29, 1.82) is 5.26 Å². The zero-order valence-electron chi connectivity index (χ0n) is 25.1. The molecule has 1 unspecified atom stereocenters. The summed E-state index contributed by atoms with van der Waals surface area (Å²) in [7, 11) is -3.87. The smallest absolute Gasteiger partial charge is 0.350 e. The molecule has 1 saturated heterocycles. The van der Waals surface area contributed by atoms with Crippen molar-refractivity contribution in [3.63, 3.8) is 0 Å². The van der Waals surface area contributed by atoms with Gasteiger partial charge in [-0.2, -0.15) is 10.2 Å². The van der Waals surface area contributed by atoms with Gasteiger partial charge < -0.3 is 9.80 Å². The minimum absolute atomic E-state index is 0.0232. The lowest BCUT2D eigenvalue weighted by atomic mass is 10.0. The number of nitrogens with zero attached hydrogens (tertiary/aromatic N) is 6. The topological polar surface area (TPSA) is 129 Å². The molecule has 13 heteroatoms. The molecule has 1 aliphatic rings. The summed E-state index contributed by atoms with van der Waals surface area (Å²) in [4.78, 5) is 38.8. The molecule has 0 N–H and O–H groups in total. The molecule has 5 rings (SSSR count). The van der Waals surface area contributed by atoms with Crippen molar-refractivity contribution in [2.45, 2.75) is 37.6 Å². The fraction of sp³-hybridized carbons (Fsp3) is 0.281. The molecule has 2 aromatic carbocycles. The van der Waals surface area contributed by atoms with Gasteiger partial charge in [-0.3, -0.25) is 4.79 Å². The summed E-state index contributed by atoms with van der Waals surface area (Å²) in [5.74, 6) is -1.11. The molecule has 0 aliphatic carbocycles. The minimum atomic E-state index is -3.87. The number of carbonyl (C=O) groups excluding carboxylic acids is 1. The van der Waals surface area contributed by atoms with Crippen molar-refractivity contribution >= 4 is 44.2 Å². The van der Waals surface area contributed by atoms with E-state index in [4.69, 9.17) is 11.6 Å². The largest absolute Gasteiger partial charge is 0.355 e. The van der Waals surface area contributed by atoms with E-state index in [0.717, 1.165) is 10.8 Å². The van der Waals surface area contributed by atoms with E-state index < -0.39 is 21.3 Å². The standard InChI is InChI=1S/C32H30ClFN6O4S/c1-6-26(41)38-13-14-39(19(4)17-38)30-23-15-24(34)28(22-11-7-9-20(16-35)27(22)33)36-31(23)40(32(42)37-30)29-21(18(2)3)10-8-12-25(29)45(5,43)44/h6-12,15,18-19H,1,13-14,17H2,2-5H3. The number of halogens is 2. The van der Waals surface area contributed by atoms with Gasteiger partial charge in [0.15, 0.2) is 15.5 Å². The fourth-order valence-electron chi connectivity index (χ4n) is 5.66. The predicted molar refractivity (Wildman–Crippen MR) is 171 cm³/mol. The Kier molecular flexibility index (Phi) is 8.53. The molecule has 232 valence electrons. The van der Waals surface area contributed by atoms with Crippen molar-refractivity contribution in [1.82, 2.24) is 19.4 Å². The lowest BCUT2D eigenvalue weighted by Crippen LogP contribution is -2.54. The zero-order valence-corrected chi connectivity index (χ0v) is 26.7. The quantitative estimate of drug-likeness (QED) is 0.271. The number of hydrogen-bond acceptors (Lipinski definition) is 8. The highest BCUT2D eigenvalue weighted by Crippen LogP contribution is 2.37. The number of aromatic nitrogens is 3. The van der Waals surface area contributed by atoms with E-state index in [-0.39, 0.29) is 73.7 Å². The molecule has 1 fully saturated rings. The molecular formula is C32H30ClFN6O4S. The molecule has 0 radical (unpaired) electrons. The van der Waals surface area contributed by atoms with E-state index in [1.807, 2.05) is 26.8 Å². The van der Waals surface area contributed by atoms with Crippen LogP contribution < -0.4 is 10.6 Å². The molecule has 4 aromatic rings. The van der Waals surface area contributed by atoms with E-state index in [0.29, 0.717) is 18.7 Å². The van der Waals surface area contributed by atoms with Crippen LogP contribution in [0.2, 0.25) is 5.02 Å². The van der Waals surface area contributed by atoms with E-state index >= 15 is 4.39 Å². The molecular weight excluding hydrogens is 619 g/mol. The second kappa shape index (κ2) is 12.1. The summed E-state index contributed by atoms with van der Waals surface area (Å²) in [6.07, 6.45) is 2.28. The van der Waals surface area contributed by atoms with Crippen molar-refractivity contribution in [3.8, 4) is 23.0 Å². The third-order valence-electron chi connectivity index (χ3n) is 7.84. The van der Waals surface area contributed by atoms with Gasteiger partial charge in [0.25, 0.3) is 0 Å². The third kappa shape index (κ3) is 5.69. The Morgan fingerprint density at radius 1 is 1.20 bits per heavy atom. The maximum atomic E-state index is 16.1. The number of amides is 1. The summed E-state index contributed by atoms with van der Waals surface area (Å²) in [5.41, 5.74) is -0.263. The molecule has 0 spiro atoms. The number of rotatable bonds is 6. The first kappa shape index (κ1) is 31.8. The fourth-order valence-corrected chi connectivity index (χ4v) is 6.81. The number of benzene rings is 2. The number of sulfone groups is 1. The summed E-state index contributed by atoms with van der Waals surface area (Å²) in [6.45, 7) is 10.0. The Balaban J connectivity index is 1.90. The minimum Gasteiger partial charge on any atom is -0.350 e. The van der Waals surface area contributed by atoms with E-state index in [1.54, 1.807) is 21.9 Å². The van der Waals surface area contributed by atoms with Crippen LogP contribution in [0.5, 0.6) is 0 Å². The Morgan fingerprint density at radius 2 is 1.91 bits per heavy atom. The average Bonchev–Trinajstić information content (AvgIpc) is 2.99. The summed E-state index contributed by atoms with van der Waals surface area (Å²) < 4.78 is 43.3. The molecule has 1 amide bonds. The number of pyridine rings is 1. The predicted octanol–water partition coefficient (Wildman–Crippen LogP) is 4.86. The van der Waals surface area contributed by atoms with E-state index in [9.17, 15) is 23.3 Å². The van der Waals surface area contributed by atoms with Crippen LogP contribution in [-0.2, 0) is 14.6 Å². The second-order valence-corrected chi connectivity index (χ2v) is 13.5. The number of hydrogen-bond donors (Lipinski definition) is 0. The van der Waals surface area contributed by atoms with Crippen LogP contribution >= 0.6 is 11.6 Å². The highest BCUT2D eigenvalue weighted by molar-refractivity contribution is 7.90. The maximum absolute atomic E-state index is 16.1. The van der Waals surface area contributed by atoms with E-state index in [1.165, 1.54) is 36.4 Å². The van der Waals surface area contributed by atoms with Crippen LogP contribution in [0.15, 0.2) is 64.8 Å². The number of carbonyl (C=O) groups is 1. The molecule has 1 aliphatic heterocycles. The Morgan fingerprint density at radius 3 is 2.53 bits per heavy atom. The van der Waals surface area contributed by atoms with Gasteiger partial charge >= 0.3 is 5.69 Å². The summed E-state index contributed by atoms with van der Waals surface area (Å²) in [6, 6.07) is 12.1. The van der Waals surface area contributed by atoms with E-state index in [2.05, 4.69) is 16.5 Å². The van der Waals surface area contributed by atoms with Crippen molar-refractivity contribution in [2.24, 2.45) is 0 Å². The van der Waals surface area contributed by atoms with Crippen molar-refractivity contribution < 1.29 is 17.6 Å². The number of nitriles is 1. The molecule has 0 bridgehead atoms. The molecule has 45 heavy (non-hydrogen) atoms. The number of fused-ring (bicyclic) bond motifs is 1. The van der Waals surface area contributed by atoms with Crippen molar-refractivity contribution in [3.05, 3.63) is 87.6 Å². The van der Waals surface area contributed by atoms with Gasteiger partial charge in [0.1, 0.15) is 23.4 Å². The Bertz CT molecular complexity index is 2090. The van der Waals surface area contributed by atoms with Gasteiger partial charge in [-0.05, 0) is 42.7 Å². The molecule has 1 atom stereocenters. The van der Waals surface area contributed by atoms with Gasteiger partial charge in [0, 0.05) is 37.5 Å². The van der Waals surface area contributed by atoms with Crippen LogP contribution in [0.25, 0.3) is 28.0 Å². The van der Waals surface area contributed by atoms with Crippen LogP contribution in [0.3, 0.4) is 0 Å². The molecule has 3 heterocycles. The van der Waals surface area contributed by atoms with Gasteiger partial charge in [0.2, 0.25) is 5.91 Å². The van der Waals surface area contributed by atoms with Gasteiger partial charge in [-0.15, -0.1) is 0 Å². The Labute approximate surface area is 264 Å².